The van der Waals surface area contributed by atoms with Crippen molar-refractivity contribution in [3.05, 3.63) is 0 Å². The van der Waals surface area contributed by atoms with Gasteiger partial charge in [-0.3, -0.25) is 14.4 Å². The highest BCUT2D eigenvalue weighted by Crippen LogP contribution is 2.35. The molecule has 10 nitrogen and oxygen atoms in total. The Morgan fingerprint density at radius 2 is 1.57 bits per heavy atom. The standard InChI is InChI=1S/C13H18O10/c1-5(14)13(12(18)19)10(22-7(3)16)9(21-6(2)15)8(17)11(20-4)23-13/h8-11,17H,1-4H3,(H,18,19)/t8-,9-,10+,11-,13+/m1/s1. The summed E-state index contributed by atoms with van der Waals surface area (Å²) in [7, 11) is 1.09. The Morgan fingerprint density at radius 3 is 1.91 bits per heavy atom. The molecular weight excluding hydrogens is 316 g/mol. The molecule has 1 saturated heterocycles. The van der Waals surface area contributed by atoms with E-state index in [1.807, 2.05) is 0 Å². The lowest BCUT2D eigenvalue weighted by Crippen LogP contribution is -2.72. The number of aliphatic hydroxyl groups excluding tert-OH is 1. The van der Waals surface area contributed by atoms with E-state index >= 15 is 0 Å². The van der Waals surface area contributed by atoms with Crippen LogP contribution in [-0.2, 0) is 38.1 Å². The SMILES string of the molecule is CO[C@@H]1O[C@](C(C)=O)(C(=O)O)[C@@H](OC(C)=O)[C@H](OC(C)=O)[C@H]1O. The van der Waals surface area contributed by atoms with Crippen molar-refractivity contribution in [3.8, 4) is 0 Å². The van der Waals surface area contributed by atoms with Crippen LogP contribution in [0.2, 0.25) is 0 Å². The van der Waals surface area contributed by atoms with E-state index in [4.69, 9.17) is 18.9 Å². The number of aliphatic carboxylic acids is 1. The zero-order valence-electron chi connectivity index (χ0n) is 13.0. The second kappa shape index (κ2) is 7.02. The first kappa shape index (κ1) is 19.0. The first-order valence-corrected chi connectivity index (χ1v) is 6.55. The Bertz CT molecular complexity index is 499. The third kappa shape index (κ3) is 3.49. The van der Waals surface area contributed by atoms with Gasteiger partial charge in [-0.2, -0.15) is 0 Å². The number of carbonyl (C=O) groups excluding carboxylic acids is 3. The minimum Gasteiger partial charge on any atom is -0.479 e. The summed E-state index contributed by atoms with van der Waals surface area (Å²) in [4.78, 5) is 46.2. The van der Waals surface area contributed by atoms with Crippen molar-refractivity contribution in [1.29, 1.82) is 0 Å². The van der Waals surface area contributed by atoms with Crippen molar-refractivity contribution in [3.63, 3.8) is 0 Å². The summed E-state index contributed by atoms with van der Waals surface area (Å²) in [5, 5.41) is 19.6. The molecule has 0 radical (unpaired) electrons. The van der Waals surface area contributed by atoms with E-state index in [1.54, 1.807) is 0 Å². The number of esters is 2. The predicted molar refractivity (Wildman–Crippen MR) is 70.0 cm³/mol. The highest BCUT2D eigenvalue weighted by atomic mass is 16.7. The summed E-state index contributed by atoms with van der Waals surface area (Å²) in [5.41, 5.74) is -2.69. The summed E-state index contributed by atoms with van der Waals surface area (Å²) < 4.78 is 19.6. The molecule has 5 atom stereocenters. The molecule has 1 heterocycles. The molecule has 0 spiro atoms. The van der Waals surface area contributed by atoms with Gasteiger partial charge in [0.15, 0.2) is 24.3 Å². The van der Waals surface area contributed by atoms with Crippen molar-refractivity contribution in [2.24, 2.45) is 0 Å². The smallest absolute Gasteiger partial charge is 0.348 e. The Kier molecular flexibility index (Phi) is 5.81. The number of hydrogen-bond donors (Lipinski definition) is 2. The van der Waals surface area contributed by atoms with Gasteiger partial charge < -0.3 is 29.2 Å². The first-order valence-electron chi connectivity index (χ1n) is 6.55. The molecule has 130 valence electrons. The Morgan fingerprint density at radius 1 is 1.04 bits per heavy atom. The molecule has 0 aromatic rings. The maximum absolute atomic E-state index is 12.0. The highest BCUT2D eigenvalue weighted by Gasteiger charge is 2.65. The van der Waals surface area contributed by atoms with Gasteiger partial charge in [-0.05, 0) is 6.92 Å². The number of aliphatic hydroxyl groups is 1. The van der Waals surface area contributed by atoms with Crippen LogP contribution in [0.1, 0.15) is 20.8 Å². The Hall–Kier alpha value is -2.04. The normalized spacial score (nSPS) is 33.6. The Labute approximate surface area is 131 Å². The maximum Gasteiger partial charge on any atom is 0.348 e. The number of Topliss-reactive ketones (excluding diaryl/α,β-unsaturated/α-hetero) is 1. The van der Waals surface area contributed by atoms with Gasteiger partial charge in [0, 0.05) is 21.0 Å². The monoisotopic (exact) mass is 334 g/mol. The van der Waals surface area contributed by atoms with E-state index in [1.165, 1.54) is 0 Å². The molecule has 0 amide bonds. The molecule has 0 bridgehead atoms. The molecule has 0 saturated carbocycles. The summed E-state index contributed by atoms with van der Waals surface area (Å²) >= 11 is 0. The van der Waals surface area contributed by atoms with E-state index in [2.05, 4.69) is 0 Å². The summed E-state index contributed by atoms with van der Waals surface area (Å²) in [5.74, 6) is -4.64. The number of ether oxygens (including phenoxy) is 4. The fourth-order valence-electron chi connectivity index (χ4n) is 2.33. The third-order valence-corrected chi connectivity index (χ3v) is 3.28. The van der Waals surface area contributed by atoms with E-state index in [-0.39, 0.29) is 0 Å². The van der Waals surface area contributed by atoms with Crippen LogP contribution in [-0.4, -0.2) is 71.2 Å². The average Bonchev–Trinajstić information content (AvgIpc) is 2.41. The molecule has 1 aliphatic rings. The number of carboxylic acids is 1. The lowest BCUT2D eigenvalue weighted by molar-refractivity contribution is -0.314. The molecule has 0 aromatic carbocycles. The van der Waals surface area contributed by atoms with E-state index < -0.39 is 53.9 Å². The maximum atomic E-state index is 12.0. The second-order valence-electron chi connectivity index (χ2n) is 4.91. The average molecular weight is 334 g/mol. The van der Waals surface area contributed by atoms with Gasteiger partial charge in [0.2, 0.25) is 0 Å². The van der Waals surface area contributed by atoms with Crippen LogP contribution < -0.4 is 0 Å². The van der Waals surface area contributed by atoms with Crippen molar-refractivity contribution in [2.75, 3.05) is 7.11 Å². The van der Waals surface area contributed by atoms with Crippen LogP contribution in [0.25, 0.3) is 0 Å². The molecule has 2 N–H and O–H groups in total. The van der Waals surface area contributed by atoms with Crippen LogP contribution in [0.5, 0.6) is 0 Å². The minimum atomic E-state index is -2.69. The molecule has 10 heteroatoms. The first-order chi connectivity index (χ1) is 10.6. The molecule has 1 aliphatic heterocycles. The number of carboxylic acid groups (broad SMARTS) is 1. The fraction of sp³-hybridized carbons (Fsp3) is 0.692. The number of hydrogen-bond acceptors (Lipinski definition) is 9. The van der Waals surface area contributed by atoms with Gasteiger partial charge in [0.1, 0.15) is 6.10 Å². The summed E-state index contributed by atoms with van der Waals surface area (Å²) in [6.07, 6.45) is -6.83. The number of rotatable bonds is 5. The number of ketones is 1. The zero-order chi connectivity index (χ0) is 17.9. The van der Waals surface area contributed by atoms with Gasteiger partial charge in [-0.25, -0.2) is 4.79 Å². The van der Waals surface area contributed by atoms with Gasteiger partial charge in [0.05, 0.1) is 0 Å². The summed E-state index contributed by atoms with van der Waals surface area (Å²) in [6.45, 7) is 2.87. The molecular formula is C13H18O10. The van der Waals surface area contributed by atoms with Gasteiger partial charge >= 0.3 is 17.9 Å². The lowest BCUT2D eigenvalue weighted by Gasteiger charge is -2.46. The molecule has 0 aliphatic carbocycles. The van der Waals surface area contributed by atoms with Crippen molar-refractivity contribution >= 4 is 23.7 Å². The Balaban J connectivity index is 3.49. The summed E-state index contributed by atoms with van der Waals surface area (Å²) in [6, 6.07) is 0. The van der Waals surface area contributed by atoms with Gasteiger partial charge in [-0.1, -0.05) is 0 Å². The third-order valence-electron chi connectivity index (χ3n) is 3.28. The topological polar surface area (TPSA) is 146 Å². The molecule has 0 aromatic heterocycles. The molecule has 1 fully saturated rings. The molecule has 23 heavy (non-hydrogen) atoms. The van der Waals surface area contributed by atoms with E-state index in [9.17, 15) is 29.4 Å². The van der Waals surface area contributed by atoms with Crippen LogP contribution in [0.4, 0.5) is 0 Å². The van der Waals surface area contributed by atoms with Crippen LogP contribution in [0.15, 0.2) is 0 Å². The second-order valence-corrected chi connectivity index (χ2v) is 4.91. The lowest BCUT2D eigenvalue weighted by atomic mass is 9.83. The molecule has 0 unspecified atom stereocenters. The van der Waals surface area contributed by atoms with Gasteiger partial charge in [0.25, 0.3) is 5.60 Å². The van der Waals surface area contributed by atoms with Crippen LogP contribution >= 0.6 is 0 Å². The molecule has 1 rings (SSSR count). The van der Waals surface area contributed by atoms with E-state index in [0.29, 0.717) is 0 Å². The van der Waals surface area contributed by atoms with Crippen molar-refractivity contribution in [1.82, 2.24) is 0 Å². The van der Waals surface area contributed by atoms with Crippen LogP contribution in [0, 0.1) is 0 Å². The van der Waals surface area contributed by atoms with E-state index in [0.717, 1.165) is 27.9 Å². The predicted octanol–water partition coefficient (Wildman–Crippen LogP) is -1.37. The van der Waals surface area contributed by atoms with Crippen molar-refractivity contribution < 1.29 is 48.3 Å². The number of carbonyl (C=O) groups is 4. The van der Waals surface area contributed by atoms with Crippen molar-refractivity contribution in [2.45, 2.75) is 51.0 Å². The fourth-order valence-corrected chi connectivity index (χ4v) is 2.33. The highest BCUT2D eigenvalue weighted by molar-refractivity contribution is 6.06. The van der Waals surface area contributed by atoms with Gasteiger partial charge in [-0.15, -0.1) is 0 Å². The van der Waals surface area contributed by atoms with Crippen LogP contribution in [0.3, 0.4) is 0 Å². The minimum absolute atomic E-state index is 0.884. The zero-order valence-corrected chi connectivity index (χ0v) is 13.0. The quantitative estimate of drug-likeness (QED) is 0.456. The number of methoxy groups -OCH3 is 1. The largest absolute Gasteiger partial charge is 0.479 e.